The summed E-state index contributed by atoms with van der Waals surface area (Å²) < 4.78 is 6.21. The van der Waals surface area contributed by atoms with Crippen LogP contribution in [-0.4, -0.2) is 9.97 Å². The van der Waals surface area contributed by atoms with E-state index >= 15 is 0 Å². The van der Waals surface area contributed by atoms with Gasteiger partial charge in [0, 0.05) is 27.5 Å². The Kier molecular flexibility index (Phi) is 8.16. The molecule has 55 heavy (non-hydrogen) atoms. The first kappa shape index (κ1) is 32.3. The van der Waals surface area contributed by atoms with Crippen LogP contribution in [0.3, 0.4) is 0 Å². The third-order valence-electron chi connectivity index (χ3n) is 10.3. The van der Waals surface area contributed by atoms with E-state index in [9.17, 15) is 0 Å². The number of para-hydroxylation sites is 1. The fourth-order valence-corrected chi connectivity index (χ4v) is 7.52. The van der Waals surface area contributed by atoms with E-state index in [1.54, 1.807) is 0 Å². The lowest BCUT2D eigenvalue weighted by Gasteiger charge is -2.15. The monoisotopic (exact) mass is 702 g/mol. The molecule has 0 fully saturated rings. The number of hydrogen-bond donors (Lipinski definition) is 0. The molecule has 10 aromatic rings. The highest BCUT2D eigenvalue weighted by molar-refractivity contribution is 6.06. The second-order valence-corrected chi connectivity index (χ2v) is 13.8. The van der Waals surface area contributed by atoms with Gasteiger partial charge in [-0.05, 0) is 87.0 Å². The molecule has 0 bridgehead atoms. The third kappa shape index (κ3) is 6.28. The fourth-order valence-electron chi connectivity index (χ4n) is 7.52. The largest absolute Gasteiger partial charge is 0.456 e. The van der Waals surface area contributed by atoms with Gasteiger partial charge in [-0.1, -0.05) is 164 Å². The molecular weight excluding hydrogens is 669 g/mol. The quantitative estimate of drug-likeness (QED) is 0.166. The molecule has 0 aliphatic rings. The lowest BCUT2D eigenvalue weighted by Crippen LogP contribution is -1.98. The third-order valence-corrected chi connectivity index (χ3v) is 10.3. The van der Waals surface area contributed by atoms with Crippen LogP contribution >= 0.6 is 0 Å². The molecule has 258 valence electrons. The van der Waals surface area contributed by atoms with Gasteiger partial charge in [-0.2, -0.15) is 0 Å². The highest BCUT2D eigenvalue weighted by Gasteiger charge is 2.17. The van der Waals surface area contributed by atoms with Crippen LogP contribution in [0.5, 0.6) is 0 Å². The second kappa shape index (κ2) is 13.9. The minimum Gasteiger partial charge on any atom is -0.456 e. The van der Waals surface area contributed by atoms with Crippen LogP contribution < -0.4 is 0 Å². The predicted molar refractivity (Wildman–Crippen MR) is 227 cm³/mol. The van der Waals surface area contributed by atoms with Gasteiger partial charge >= 0.3 is 0 Å². The van der Waals surface area contributed by atoms with Crippen molar-refractivity contribution in [3.8, 4) is 78.4 Å². The second-order valence-electron chi connectivity index (χ2n) is 13.8. The van der Waals surface area contributed by atoms with Crippen molar-refractivity contribution in [2.45, 2.75) is 0 Å². The molecule has 0 saturated heterocycles. The predicted octanol–water partition coefficient (Wildman–Crippen LogP) is 14.0. The van der Waals surface area contributed by atoms with E-state index in [0.717, 1.165) is 83.4 Å². The molecule has 0 aliphatic heterocycles. The van der Waals surface area contributed by atoms with E-state index < -0.39 is 0 Å². The summed E-state index contributed by atoms with van der Waals surface area (Å²) in [6.45, 7) is 0. The average Bonchev–Trinajstić information content (AvgIpc) is 3.65. The lowest BCUT2D eigenvalue weighted by molar-refractivity contribution is 0.669. The zero-order valence-electron chi connectivity index (χ0n) is 29.9. The molecule has 0 saturated carbocycles. The Morgan fingerprint density at radius 2 is 0.745 bits per heavy atom. The summed E-state index contributed by atoms with van der Waals surface area (Å²) in [7, 11) is 0. The van der Waals surface area contributed by atoms with Crippen molar-refractivity contribution in [2.75, 3.05) is 0 Å². The molecule has 10 rings (SSSR count). The minimum absolute atomic E-state index is 0.682. The van der Waals surface area contributed by atoms with E-state index in [-0.39, 0.29) is 0 Å². The van der Waals surface area contributed by atoms with E-state index in [0.29, 0.717) is 5.82 Å². The van der Waals surface area contributed by atoms with Crippen molar-refractivity contribution in [3.05, 3.63) is 206 Å². The molecule has 0 unspecified atom stereocenters. The summed E-state index contributed by atoms with van der Waals surface area (Å²) in [6, 6.07) is 72.3. The summed E-state index contributed by atoms with van der Waals surface area (Å²) in [4.78, 5) is 10.6. The van der Waals surface area contributed by atoms with Gasteiger partial charge in [0.1, 0.15) is 11.2 Å². The molecule has 0 amide bonds. The zero-order chi connectivity index (χ0) is 36.6. The maximum Gasteiger partial charge on any atom is 0.161 e. The Labute approximate surface area is 319 Å². The smallest absolute Gasteiger partial charge is 0.161 e. The Morgan fingerprint density at radius 3 is 1.45 bits per heavy atom. The highest BCUT2D eigenvalue weighted by Crippen LogP contribution is 2.39. The summed E-state index contributed by atoms with van der Waals surface area (Å²) in [6.07, 6.45) is 0. The van der Waals surface area contributed by atoms with Crippen LogP contribution in [0.25, 0.3) is 100 Å². The summed E-state index contributed by atoms with van der Waals surface area (Å²) in [5.74, 6) is 0.682. The van der Waals surface area contributed by atoms with Crippen molar-refractivity contribution in [2.24, 2.45) is 0 Å². The first-order chi connectivity index (χ1) is 27.2. The summed E-state index contributed by atoms with van der Waals surface area (Å²) in [5.41, 5.74) is 15.6. The molecule has 0 spiro atoms. The molecule has 0 N–H and O–H groups in total. The van der Waals surface area contributed by atoms with Gasteiger partial charge < -0.3 is 4.42 Å². The van der Waals surface area contributed by atoms with Crippen molar-refractivity contribution >= 4 is 21.9 Å². The summed E-state index contributed by atoms with van der Waals surface area (Å²) >= 11 is 0. The number of fused-ring (bicyclic) bond motifs is 3. The molecule has 0 radical (unpaired) electrons. The molecule has 0 atom stereocenters. The van der Waals surface area contributed by atoms with Crippen molar-refractivity contribution in [1.82, 2.24) is 9.97 Å². The van der Waals surface area contributed by atoms with Gasteiger partial charge in [0.25, 0.3) is 0 Å². The molecular formula is C52H34N2O. The maximum absolute atomic E-state index is 6.21. The Bertz CT molecular complexity index is 2950. The lowest BCUT2D eigenvalue weighted by atomic mass is 9.93. The van der Waals surface area contributed by atoms with Gasteiger partial charge in [0.2, 0.25) is 0 Å². The number of furan rings is 1. The summed E-state index contributed by atoms with van der Waals surface area (Å²) in [5, 5.41) is 2.21. The Morgan fingerprint density at radius 1 is 0.273 bits per heavy atom. The topological polar surface area (TPSA) is 38.9 Å². The highest BCUT2D eigenvalue weighted by atomic mass is 16.3. The minimum atomic E-state index is 0.682. The number of aromatic nitrogens is 2. The molecule has 3 nitrogen and oxygen atoms in total. The number of hydrogen-bond acceptors (Lipinski definition) is 3. The number of nitrogens with zero attached hydrogens (tertiary/aromatic N) is 2. The maximum atomic E-state index is 6.21. The van der Waals surface area contributed by atoms with Gasteiger partial charge in [0.15, 0.2) is 5.82 Å². The molecule has 3 heteroatoms. The van der Waals surface area contributed by atoms with Crippen molar-refractivity contribution in [1.29, 1.82) is 0 Å². The standard InChI is InChI=1S/C52H34N2O/c1-4-14-35(15-5-1)36-24-26-37(27-25-36)41-30-42(40-28-29-51-47(33-40)45-21-12-13-23-50(45)55-51)32-43(31-41)49-34-48(39-18-8-3-9-19-39)53-52(54-49)46-22-11-10-20-44(46)38-16-6-2-7-17-38/h1-34H. The molecule has 8 aromatic carbocycles. The van der Waals surface area contributed by atoms with Crippen LogP contribution in [0, 0.1) is 0 Å². The number of benzene rings is 8. The first-order valence-corrected chi connectivity index (χ1v) is 18.6. The first-order valence-electron chi connectivity index (χ1n) is 18.6. The van der Waals surface area contributed by atoms with E-state index in [4.69, 9.17) is 14.4 Å². The van der Waals surface area contributed by atoms with E-state index in [1.807, 2.05) is 24.3 Å². The van der Waals surface area contributed by atoms with Crippen molar-refractivity contribution < 1.29 is 4.42 Å². The van der Waals surface area contributed by atoms with Gasteiger partial charge in [0.05, 0.1) is 11.4 Å². The normalized spacial score (nSPS) is 11.3. The molecule has 2 heterocycles. The molecule has 2 aromatic heterocycles. The van der Waals surface area contributed by atoms with E-state index in [2.05, 4.69) is 182 Å². The Balaban J connectivity index is 1.18. The van der Waals surface area contributed by atoms with Gasteiger partial charge in [-0.25, -0.2) is 9.97 Å². The van der Waals surface area contributed by atoms with E-state index in [1.165, 1.54) is 11.1 Å². The SMILES string of the molecule is c1ccc(-c2ccc(-c3cc(-c4ccc5oc6ccccc6c5c4)cc(-c4cc(-c5ccccc5)nc(-c5ccccc5-c5ccccc5)n4)c3)cc2)cc1. The van der Waals surface area contributed by atoms with Crippen LogP contribution in [0.15, 0.2) is 211 Å². The zero-order valence-corrected chi connectivity index (χ0v) is 29.9. The van der Waals surface area contributed by atoms with Gasteiger partial charge in [-0.15, -0.1) is 0 Å². The van der Waals surface area contributed by atoms with Crippen LogP contribution in [0.1, 0.15) is 0 Å². The number of rotatable bonds is 7. The van der Waals surface area contributed by atoms with Gasteiger partial charge in [-0.3, -0.25) is 0 Å². The van der Waals surface area contributed by atoms with Crippen LogP contribution in [0.4, 0.5) is 0 Å². The Hall–Kier alpha value is -7.36. The molecule has 0 aliphatic carbocycles. The fraction of sp³-hybridized carbons (Fsp3) is 0. The van der Waals surface area contributed by atoms with Crippen LogP contribution in [0.2, 0.25) is 0 Å². The average molecular weight is 703 g/mol. The van der Waals surface area contributed by atoms with Crippen LogP contribution in [-0.2, 0) is 0 Å². The van der Waals surface area contributed by atoms with Crippen molar-refractivity contribution in [3.63, 3.8) is 0 Å².